The minimum absolute atomic E-state index is 0.888. The van der Waals surface area contributed by atoms with Crippen molar-refractivity contribution in [1.82, 2.24) is 0 Å². The van der Waals surface area contributed by atoms with Gasteiger partial charge < -0.3 is 9.32 Å². The topological polar surface area (TPSA) is 16.4 Å². The molecule has 0 saturated heterocycles. The lowest BCUT2D eigenvalue weighted by molar-refractivity contribution is 0.670. The first-order chi connectivity index (χ1) is 26.7. The lowest BCUT2D eigenvalue weighted by atomic mass is 9.98. The second kappa shape index (κ2) is 13.4. The Morgan fingerprint density at radius 3 is 1.20 bits per heavy atom. The molecular formula is C52H35NO. The van der Waals surface area contributed by atoms with Crippen LogP contribution in [0.2, 0.25) is 0 Å². The van der Waals surface area contributed by atoms with E-state index in [0.29, 0.717) is 0 Å². The number of hydrogen-bond donors (Lipinski definition) is 0. The maximum Gasteiger partial charge on any atom is 0.143 e. The summed E-state index contributed by atoms with van der Waals surface area (Å²) in [5.74, 6) is 0. The van der Waals surface area contributed by atoms with Gasteiger partial charge >= 0.3 is 0 Å². The van der Waals surface area contributed by atoms with Gasteiger partial charge in [0, 0.05) is 33.4 Å². The first kappa shape index (κ1) is 31.6. The normalized spacial score (nSPS) is 11.3. The number of benzene rings is 9. The summed E-state index contributed by atoms with van der Waals surface area (Å²) < 4.78 is 6.74. The van der Waals surface area contributed by atoms with Crippen molar-refractivity contribution in [3.05, 3.63) is 212 Å². The molecule has 0 aliphatic rings. The predicted octanol–water partition coefficient (Wildman–Crippen LogP) is 14.9. The highest BCUT2D eigenvalue weighted by Crippen LogP contribution is 2.44. The van der Waals surface area contributed by atoms with Crippen molar-refractivity contribution in [3.8, 4) is 44.5 Å². The van der Waals surface area contributed by atoms with E-state index in [2.05, 4.69) is 217 Å². The lowest BCUT2D eigenvalue weighted by Gasteiger charge is -2.27. The van der Waals surface area contributed by atoms with Crippen LogP contribution < -0.4 is 4.90 Å². The molecule has 2 heteroatoms. The summed E-state index contributed by atoms with van der Waals surface area (Å²) in [7, 11) is 0. The SMILES string of the molecule is c1ccc(-c2ccc(-c3ccc(N(c4ccc(-c5ccccc5)cc4)c4cc(-c5ccccc5)c5oc6cc7ccccc7cc6c5c4)cc3)cc2)cc1. The molecule has 0 fully saturated rings. The molecule has 1 heterocycles. The first-order valence-corrected chi connectivity index (χ1v) is 18.4. The monoisotopic (exact) mass is 689 g/mol. The predicted molar refractivity (Wildman–Crippen MR) is 228 cm³/mol. The molecule has 0 saturated carbocycles. The third-order valence-corrected chi connectivity index (χ3v) is 10.5. The summed E-state index contributed by atoms with van der Waals surface area (Å²) in [5, 5.41) is 4.56. The summed E-state index contributed by atoms with van der Waals surface area (Å²) in [6, 6.07) is 75.8. The van der Waals surface area contributed by atoms with E-state index in [4.69, 9.17) is 4.42 Å². The number of nitrogens with zero attached hydrogens (tertiary/aromatic N) is 1. The largest absolute Gasteiger partial charge is 0.455 e. The summed E-state index contributed by atoms with van der Waals surface area (Å²) in [6.07, 6.45) is 0. The Morgan fingerprint density at radius 2 is 0.704 bits per heavy atom. The number of hydrogen-bond acceptors (Lipinski definition) is 2. The van der Waals surface area contributed by atoms with E-state index in [9.17, 15) is 0 Å². The summed E-state index contributed by atoms with van der Waals surface area (Å²) >= 11 is 0. The maximum atomic E-state index is 6.74. The van der Waals surface area contributed by atoms with Crippen molar-refractivity contribution in [3.63, 3.8) is 0 Å². The highest BCUT2D eigenvalue weighted by atomic mass is 16.3. The molecule has 0 aliphatic heterocycles. The molecule has 0 aliphatic carbocycles. The Labute approximate surface area is 314 Å². The first-order valence-electron chi connectivity index (χ1n) is 18.4. The molecule has 2 nitrogen and oxygen atoms in total. The smallest absolute Gasteiger partial charge is 0.143 e. The fourth-order valence-corrected chi connectivity index (χ4v) is 7.68. The highest BCUT2D eigenvalue weighted by molar-refractivity contribution is 6.14. The summed E-state index contributed by atoms with van der Waals surface area (Å²) in [5.41, 5.74) is 14.3. The van der Waals surface area contributed by atoms with Crippen LogP contribution in [0, 0.1) is 0 Å². The number of furan rings is 1. The Balaban J connectivity index is 1.13. The molecule has 0 N–H and O–H groups in total. The van der Waals surface area contributed by atoms with Crippen LogP contribution in [0.25, 0.3) is 77.2 Å². The lowest BCUT2D eigenvalue weighted by Crippen LogP contribution is -2.10. The van der Waals surface area contributed by atoms with Crippen LogP contribution in [-0.2, 0) is 0 Å². The molecule has 0 radical (unpaired) electrons. The zero-order chi connectivity index (χ0) is 35.8. The van der Waals surface area contributed by atoms with E-state index in [0.717, 1.165) is 50.1 Å². The average molecular weight is 690 g/mol. The van der Waals surface area contributed by atoms with Gasteiger partial charge in [0.25, 0.3) is 0 Å². The van der Waals surface area contributed by atoms with Gasteiger partial charge in [0.15, 0.2) is 0 Å². The Kier molecular flexibility index (Phi) is 7.85. The molecule has 1 aromatic heterocycles. The molecule has 54 heavy (non-hydrogen) atoms. The van der Waals surface area contributed by atoms with Crippen LogP contribution in [0.1, 0.15) is 0 Å². The molecule has 254 valence electrons. The van der Waals surface area contributed by atoms with Gasteiger partial charge in [-0.1, -0.05) is 164 Å². The van der Waals surface area contributed by atoms with Gasteiger partial charge in [0.2, 0.25) is 0 Å². The van der Waals surface area contributed by atoms with E-state index in [1.54, 1.807) is 0 Å². The molecule has 0 unspecified atom stereocenters. The van der Waals surface area contributed by atoms with Crippen molar-refractivity contribution >= 4 is 49.8 Å². The zero-order valence-electron chi connectivity index (χ0n) is 29.6. The van der Waals surface area contributed by atoms with Crippen LogP contribution in [0.4, 0.5) is 17.1 Å². The fraction of sp³-hybridized carbons (Fsp3) is 0. The van der Waals surface area contributed by atoms with Gasteiger partial charge in [-0.05, 0) is 98.2 Å². The van der Waals surface area contributed by atoms with Crippen molar-refractivity contribution in [2.45, 2.75) is 0 Å². The number of fused-ring (bicyclic) bond motifs is 4. The average Bonchev–Trinajstić information content (AvgIpc) is 3.61. The van der Waals surface area contributed by atoms with Gasteiger partial charge in [0.1, 0.15) is 11.2 Å². The van der Waals surface area contributed by atoms with Crippen LogP contribution in [-0.4, -0.2) is 0 Å². The molecule has 0 bridgehead atoms. The van der Waals surface area contributed by atoms with E-state index < -0.39 is 0 Å². The van der Waals surface area contributed by atoms with Crippen LogP contribution in [0.5, 0.6) is 0 Å². The molecule has 10 rings (SSSR count). The minimum Gasteiger partial charge on any atom is -0.455 e. The molecule has 10 aromatic rings. The fourth-order valence-electron chi connectivity index (χ4n) is 7.68. The molecule has 0 atom stereocenters. The number of rotatable bonds is 7. The van der Waals surface area contributed by atoms with Gasteiger partial charge in [-0.25, -0.2) is 0 Å². The summed E-state index contributed by atoms with van der Waals surface area (Å²) in [6.45, 7) is 0. The Hall–Kier alpha value is -7.16. The Morgan fingerprint density at radius 1 is 0.296 bits per heavy atom. The maximum absolute atomic E-state index is 6.74. The zero-order valence-corrected chi connectivity index (χ0v) is 29.6. The third-order valence-electron chi connectivity index (χ3n) is 10.5. The second-order valence-electron chi connectivity index (χ2n) is 13.8. The standard InChI is InChI=1S/C52H35NO/c1-4-12-36(13-5-1)38-20-22-39(23-21-38)41-26-30-46(31-27-41)53(45-28-24-40(25-29-45)37-14-6-2-7-15-37)47-34-48(42-16-8-3-9-17-42)52-50(35-47)49-32-43-18-10-11-19-44(43)33-51(49)54-52/h1-35H. The van der Waals surface area contributed by atoms with Crippen LogP contribution in [0.3, 0.4) is 0 Å². The summed E-state index contributed by atoms with van der Waals surface area (Å²) in [4.78, 5) is 2.36. The van der Waals surface area contributed by atoms with Crippen molar-refractivity contribution in [1.29, 1.82) is 0 Å². The second-order valence-corrected chi connectivity index (χ2v) is 13.8. The van der Waals surface area contributed by atoms with Gasteiger partial charge in [-0.3, -0.25) is 0 Å². The van der Waals surface area contributed by atoms with Crippen molar-refractivity contribution in [2.24, 2.45) is 0 Å². The third kappa shape index (κ3) is 5.81. The van der Waals surface area contributed by atoms with Crippen molar-refractivity contribution < 1.29 is 4.42 Å². The van der Waals surface area contributed by atoms with Crippen molar-refractivity contribution in [2.75, 3.05) is 4.90 Å². The highest BCUT2D eigenvalue weighted by Gasteiger charge is 2.20. The van der Waals surface area contributed by atoms with Gasteiger partial charge in [-0.15, -0.1) is 0 Å². The van der Waals surface area contributed by atoms with Gasteiger partial charge in [0.05, 0.1) is 0 Å². The number of anilines is 3. The minimum atomic E-state index is 0.888. The van der Waals surface area contributed by atoms with E-state index in [-0.39, 0.29) is 0 Å². The van der Waals surface area contributed by atoms with Gasteiger partial charge in [-0.2, -0.15) is 0 Å². The van der Waals surface area contributed by atoms with E-state index >= 15 is 0 Å². The van der Waals surface area contributed by atoms with Crippen LogP contribution in [0.15, 0.2) is 217 Å². The molecule has 0 amide bonds. The Bertz CT molecular complexity index is 2880. The quantitative estimate of drug-likeness (QED) is 0.166. The molecule has 0 spiro atoms. The van der Waals surface area contributed by atoms with E-state index in [1.807, 2.05) is 0 Å². The van der Waals surface area contributed by atoms with Crippen LogP contribution >= 0.6 is 0 Å². The van der Waals surface area contributed by atoms with E-state index in [1.165, 1.54) is 44.2 Å². The molecular weight excluding hydrogens is 655 g/mol. The molecule has 9 aromatic carbocycles.